The molecule has 0 spiro atoms. The van der Waals surface area contributed by atoms with Gasteiger partial charge in [0, 0.05) is 0 Å². The summed E-state index contributed by atoms with van der Waals surface area (Å²) >= 11 is 0. The number of benzene rings is 2. The van der Waals surface area contributed by atoms with Crippen molar-refractivity contribution >= 4 is 17.0 Å². The molecule has 0 radical (unpaired) electrons. The van der Waals surface area contributed by atoms with Crippen LogP contribution >= 0.6 is 0 Å². The Labute approximate surface area is 107 Å². The molecule has 3 rings (SSSR count). The normalized spacial score (nSPS) is 10.7. The van der Waals surface area contributed by atoms with Gasteiger partial charge in [-0.3, -0.25) is 0 Å². The molecule has 0 saturated heterocycles. The number of carbonyl (C=O) groups is 1. The second-order valence-electron chi connectivity index (χ2n) is 4.01. The fraction of sp³-hybridized carbons (Fsp3) is 0. The molecule has 0 amide bonds. The predicted octanol–water partition coefficient (Wildman–Crippen LogP) is 1.82. The van der Waals surface area contributed by atoms with Gasteiger partial charge in [-0.15, -0.1) is 10.2 Å². The van der Waals surface area contributed by atoms with Crippen LogP contribution in [-0.2, 0) is 0 Å². The molecular weight excluding hydrogens is 246 g/mol. The molecule has 1 heterocycles. The van der Waals surface area contributed by atoms with Crippen molar-refractivity contribution in [2.75, 3.05) is 0 Å². The largest absolute Gasteiger partial charge is 0.508 e. The first-order valence-electron chi connectivity index (χ1n) is 5.53. The Bertz CT molecular complexity index is 762. The van der Waals surface area contributed by atoms with Gasteiger partial charge in [-0.05, 0) is 42.5 Å². The number of nitrogens with zero attached hydrogens (tertiary/aromatic N) is 3. The van der Waals surface area contributed by atoms with E-state index in [1.807, 2.05) is 0 Å². The number of carboxylic acid groups (broad SMARTS) is 1. The summed E-state index contributed by atoms with van der Waals surface area (Å²) in [5.74, 6) is -0.838. The fourth-order valence-corrected chi connectivity index (χ4v) is 1.75. The summed E-state index contributed by atoms with van der Waals surface area (Å²) in [5, 5.41) is 26.6. The topological polar surface area (TPSA) is 88.2 Å². The predicted molar refractivity (Wildman–Crippen MR) is 67.5 cm³/mol. The molecule has 2 aromatic carbocycles. The number of rotatable bonds is 2. The molecule has 0 fully saturated rings. The van der Waals surface area contributed by atoms with E-state index in [0.717, 1.165) is 0 Å². The van der Waals surface area contributed by atoms with Crippen LogP contribution in [0.1, 0.15) is 10.4 Å². The molecule has 0 atom stereocenters. The lowest BCUT2D eigenvalue weighted by atomic mass is 10.2. The number of aromatic carboxylic acids is 1. The zero-order valence-corrected chi connectivity index (χ0v) is 9.69. The van der Waals surface area contributed by atoms with Gasteiger partial charge in [-0.1, -0.05) is 0 Å². The summed E-state index contributed by atoms with van der Waals surface area (Å²) in [5.41, 5.74) is 1.97. The second kappa shape index (κ2) is 4.09. The lowest BCUT2D eigenvalue weighted by Gasteiger charge is -1.98. The highest BCUT2D eigenvalue weighted by Gasteiger charge is 2.08. The van der Waals surface area contributed by atoms with Crippen LogP contribution in [-0.4, -0.2) is 31.2 Å². The molecule has 0 bridgehead atoms. The first-order valence-corrected chi connectivity index (χ1v) is 5.53. The number of phenols is 1. The van der Waals surface area contributed by atoms with E-state index in [1.54, 1.807) is 18.2 Å². The smallest absolute Gasteiger partial charge is 0.335 e. The summed E-state index contributed by atoms with van der Waals surface area (Å²) in [6.45, 7) is 0. The van der Waals surface area contributed by atoms with E-state index in [4.69, 9.17) is 5.11 Å². The van der Waals surface area contributed by atoms with Crippen LogP contribution < -0.4 is 0 Å². The van der Waals surface area contributed by atoms with Gasteiger partial charge in [0.25, 0.3) is 0 Å². The maximum absolute atomic E-state index is 10.9. The van der Waals surface area contributed by atoms with Crippen LogP contribution in [0, 0.1) is 0 Å². The Morgan fingerprint density at radius 1 is 1.00 bits per heavy atom. The molecule has 0 unspecified atom stereocenters. The van der Waals surface area contributed by atoms with E-state index in [-0.39, 0.29) is 11.3 Å². The zero-order chi connectivity index (χ0) is 13.4. The standard InChI is InChI=1S/C13H9N3O3/c17-10-4-2-9(3-5-10)16-14-11-6-1-8(13(18)19)7-12(11)15-16/h1-7,17H,(H,18,19). The average molecular weight is 255 g/mol. The van der Waals surface area contributed by atoms with Crippen molar-refractivity contribution < 1.29 is 15.0 Å². The van der Waals surface area contributed by atoms with E-state index in [0.29, 0.717) is 16.7 Å². The van der Waals surface area contributed by atoms with Gasteiger partial charge in [0.1, 0.15) is 16.8 Å². The van der Waals surface area contributed by atoms with Crippen LogP contribution in [0.4, 0.5) is 0 Å². The van der Waals surface area contributed by atoms with Crippen molar-refractivity contribution in [2.24, 2.45) is 0 Å². The molecule has 19 heavy (non-hydrogen) atoms. The van der Waals surface area contributed by atoms with Gasteiger partial charge in [0.15, 0.2) is 0 Å². The summed E-state index contributed by atoms with van der Waals surface area (Å²) in [4.78, 5) is 12.3. The monoisotopic (exact) mass is 255 g/mol. The maximum Gasteiger partial charge on any atom is 0.335 e. The fourth-order valence-electron chi connectivity index (χ4n) is 1.75. The number of hydrogen-bond donors (Lipinski definition) is 2. The Hall–Kier alpha value is -2.89. The Kier molecular flexibility index (Phi) is 2.42. The minimum atomic E-state index is -0.999. The van der Waals surface area contributed by atoms with Crippen LogP contribution in [0.15, 0.2) is 42.5 Å². The first kappa shape index (κ1) is 11.2. The third kappa shape index (κ3) is 1.99. The van der Waals surface area contributed by atoms with Gasteiger partial charge >= 0.3 is 5.97 Å². The molecule has 0 aliphatic rings. The Morgan fingerprint density at radius 3 is 2.37 bits per heavy atom. The highest BCUT2D eigenvalue weighted by Crippen LogP contribution is 2.16. The van der Waals surface area contributed by atoms with E-state index in [2.05, 4.69) is 10.2 Å². The number of aromatic nitrogens is 3. The van der Waals surface area contributed by atoms with Crippen molar-refractivity contribution in [3.8, 4) is 11.4 Å². The second-order valence-corrected chi connectivity index (χ2v) is 4.01. The molecular formula is C13H9N3O3. The highest BCUT2D eigenvalue weighted by atomic mass is 16.4. The molecule has 6 nitrogen and oxygen atoms in total. The van der Waals surface area contributed by atoms with Gasteiger partial charge < -0.3 is 10.2 Å². The highest BCUT2D eigenvalue weighted by molar-refractivity contribution is 5.92. The van der Waals surface area contributed by atoms with Crippen LogP contribution in [0.2, 0.25) is 0 Å². The van der Waals surface area contributed by atoms with E-state index in [1.165, 1.54) is 29.1 Å². The maximum atomic E-state index is 10.9. The van der Waals surface area contributed by atoms with Crippen molar-refractivity contribution in [1.82, 2.24) is 15.0 Å². The van der Waals surface area contributed by atoms with Gasteiger partial charge in [-0.25, -0.2) is 4.79 Å². The number of phenolic OH excluding ortho intramolecular Hbond substituents is 1. The minimum Gasteiger partial charge on any atom is -0.508 e. The lowest BCUT2D eigenvalue weighted by Crippen LogP contribution is -1.97. The number of fused-ring (bicyclic) bond motifs is 1. The quantitative estimate of drug-likeness (QED) is 0.729. The van der Waals surface area contributed by atoms with E-state index in [9.17, 15) is 9.90 Å². The Morgan fingerprint density at radius 2 is 1.68 bits per heavy atom. The molecule has 2 N–H and O–H groups in total. The molecule has 1 aromatic heterocycles. The zero-order valence-electron chi connectivity index (χ0n) is 9.69. The summed E-state index contributed by atoms with van der Waals surface area (Å²) in [7, 11) is 0. The number of carboxylic acids is 1. The molecule has 0 aliphatic heterocycles. The van der Waals surface area contributed by atoms with Gasteiger partial charge in [0.2, 0.25) is 0 Å². The Balaban J connectivity index is 2.11. The number of aromatic hydroxyl groups is 1. The van der Waals surface area contributed by atoms with Gasteiger partial charge in [-0.2, -0.15) is 4.80 Å². The third-order valence-corrected chi connectivity index (χ3v) is 2.71. The number of hydrogen-bond acceptors (Lipinski definition) is 4. The molecule has 3 aromatic rings. The third-order valence-electron chi connectivity index (χ3n) is 2.71. The molecule has 6 heteroatoms. The first-order chi connectivity index (χ1) is 9.13. The molecule has 94 valence electrons. The van der Waals surface area contributed by atoms with E-state index >= 15 is 0 Å². The SMILES string of the molecule is O=C(O)c1ccc2nn(-c3ccc(O)cc3)nc2c1. The average Bonchev–Trinajstić information content (AvgIpc) is 2.82. The van der Waals surface area contributed by atoms with Crippen LogP contribution in [0.25, 0.3) is 16.7 Å². The van der Waals surface area contributed by atoms with Crippen LogP contribution in [0.5, 0.6) is 5.75 Å². The van der Waals surface area contributed by atoms with Crippen molar-refractivity contribution in [3.63, 3.8) is 0 Å². The summed E-state index contributed by atoms with van der Waals surface area (Å²) < 4.78 is 0. The van der Waals surface area contributed by atoms with Crippen LogP contribution in [0.3, 0.4) is 0 Å². The van der Waals surface area contributed by atoms with Gasteiger partial charge in [0.05, 0.1) is 11.3 Å². The summed E-state index contributed by atoms with van der Waals surface area (Å²) in [6, 6.07) is 11.0. The molecule has 0 saturated carbocycles. The lowest BCUT2D eigenvalue weighted by molar-refractivity contribution is 0.0697. The van der Waals surface area contributed by atoms with E-state index < -0.39 is 5.97 Å². The summed E-state index contributed by atoms with van der Waals surface area (Å²) in [6.07, 6.45) is 0. The van der Waals surface area contributed by atoms with Crippen molar-refractivity contribution in [3.05, 3.63) is 48.0 Å². The molecule has 0 aliphatic carbocycles. The minimum absolute atomic E-state index is 0.161. The van der Waals surface area contributed by atoms with Crippen molar-refractivity contribution in [2.45, 2.75) is 0 Å². The van der Waals surface area contributed by atoms with Crippen molar-refractivity contribution in [1.29, 1.82) is 0 Å².